The third-order valence-corrected chi connectivity index (χ3v) is 3.10. The summed E-state index contributed by atoms with van der Waals surface area (Å²) in [6, 6.07) is 11.3. The van der Waals surface area contributed by atoms with Crippen molar-refractivity contribution in [1.29, 1.82) is 0 Å². The monoisotopic (exact) mass is 304 g/mol. The van der Waals surface area contributed by atoms with Crippen LogP contribution in [0.3, 0.4) is 0 Å². The number of benzene rings is 1. The molecule has 0 spiro atoms. The molecule has 22 heavy (non-hydrogen) atoms. The van der Waals surface area contributed by atoms with E-state index >= 15 is 0 Å². The molecule has 112 valence electrons. The molecule has 0 bridgehead atoms. The summed E-state index contributed by atoms with van der Waals surface area (Å²) < 4.78 is 39.7. The van der Waals surface area contributed by atoms with Crippen LogP contribution in [0.5, 0.6) is 0 Å². The van der Waals surface area contributed by atoms with E-state index in [-0.39, 0.29) is 5.82 Å². The number of halogens is 3. The molecule has 3 aromatic rings. The number of hydrogen-bond acceptors (Lipinski definition) is 3. The lowest BCUT2D eigenvalue weighted by Gasteiger charge is -2.06. The molecule has 0 aliphatic rings. The first kappa shape index (κ1) is 14.2. The van der Waals surface area contributed by atoms with Crippen LogP contribution in [0.2, 0.25) is 0 Å². The molecular weight excluding hydrogens is 293 g/mol. The van der Waals surface area contributed by atoms with Crippen LogP contribution in [0.4, 0.5) is 24.7 Å². The molecule has 0 aliphatic carbocycles. The maximum atomic E-state index is 12.8. The van der Waals surface area contributed by atoms with Crippen molar-refractivity contribution in [3.63, 3.8) is 0 Å². The van der Waals surface area contributed by atoms with E-state index in [0.29, 0.717) is 17.0 Å². The second-order valence-corrected chi connectivity index (χ2v) is 4.70. The van der Waals surface area contributed by atoms with Gasteiger partial charge in [0, 0.05) is 6.20 Å². The zero-order valence-corrected chi connectivity index (χ0v) is 11.5. The molecule has 0 N–H and O–H groups in total. The molecule has 3 rings (SSSR count). The van der Waals surface area contributed by atoms with Crippen molar-refractivity contribution in [2.45, 2.75) is 13.1 Å². The van der Waals surface area contributed by atoms with Crippen molar-refractivity contribution in [2.24, 2.45) is 10.2 Å². The van der Waals surface area contributed by atoms with Gasteiger partial charge < -0.3 is 0 Å². The first-order chi connectivity index (χ1) is 10.4. The summed E-state index contributed by atoms with van der Waals surface area (Å²) in [6.07, 6.45) is -3.44. The minimum atomic E-state index is -4.42. The molecule has 0 fully saturated rings. The third kappa shape index (κ3) is 2.69. The number of aryl methyl sites for hydroxylation is 1. The minimum absolute atomic E-state index is 0.282. The number of imidazole rings is 1. The quantitative estimate of drug-likeness (QED) is 0.609. The molecule has 1 aromatic carbocycles. The van der Waals surface area contributed by atoms with Crippen molar-refractivity contribution in [3.05, 3.63) is 59.9 Å². The van der Waals surface area contributed by atoms with Crippen molar-refractivity contribution in [2.75, 3.05) is 0 Å². The number of alkyl halides is 3. The molecule has 0 amide bonds. The van der Waals surface area contributed by atoms with Crippen LogP contribution < -0.4 is 0 Å². The van der Waals surface area contributed by atoms with Gasteiger partial charge in [-0.2, -0.15) is 13.2 Å². The van der Waals surface area contributed by atoms with E-state index in [2.05, 4.69) is 15.2 Å². The molecule has 0 radical (unpaired) electrons. The van der Waals surface area contributed by atoms with Gasteiger partial charge in [-0.25, -0.2) is 4.98 Å². The summed E-state index contributed by atoms with van der Waals surface area (Å²) in [5, 5.41) is 8.08. The fraction of sp³-hybridized carbons (Fsp3) is 0.133. The summed E-state index contributed by atoms with van der Waals surface area (Å²) in [5.41, 5.74) is 0.768. The first-order valence-corrected chi connectivity index (χ1v) is 6.48. The highest BCUT2D eigenvalue weighted by Gasteiger charge is 2.31. The summed E-state index contributed by atoms with van der Waals surface area (Å²) in [4.78, 5) is 4.19. The van der Waals surface area contributed by atoms with Gasteiger partial charge in [-0.15, -0.1) is 10.2 Å². The lowest BCUT2D eigenvalue weighted by Crippen LogP contribution is -2.06. The van der Waals surface area contributed by atoms with E-state index in [0.717, 1.165) is 12.3 Å². The fourth-order valence-corrected chi connectivity index (χ4v) is 2.04. The van der Waals surface area contributed by atoms with Crippen molar-refractivity contribution < 1.29 is 13.2 Å². The number of nitrogens with zero attached hydrogens (tertiary/aromatic N) is 4. The number of aromatic nitrogens is 2. The van der Waals surface area contributed by atoms with Crippen molar-refractivity contribution in [1.82, 2.24) is 9.38 Å². The predicted octanol–water partition coefficient (Wildman–Crippen LogP) is 5.08. The Morgan fingerprint density at radius 3 is 2.41 bits per heavy atom. The van der Waals surface area contributed by atoms with Gasteiger partial charge in [0.15, 0.2) is 5.82 Å². The molecule has 2 aromatic heterocycles. The molecule has 0 saturated heterocycles. The van der Waals surface area contributed by atoms with Crippen LogP contribution in [0.25, 0.3) is 5.65 Å². The summed E-state index contributed by atoms with van der Waals surface area (Å²) in [7, 11) is 0. The van der Waals surface area contributed by atoms with Gasteiger partial charge >= 0.3 is 6.18 Å². The van der Waals surface area contributed by atoms with Gasteiger partial charge in [0.25, 0.3) is 0 Å². The zero-order valence-electron chi connectivity index (χ0n) is 11.5. The Morgan fingerprint density at radius 2 is 1.73 bits per heavy atom. The van der Waals surface area contributed by atoms with Gasteiger partial charge in [-0.1, -0.05) is 18.2 Å². The van der Waals surface area contributed by atoms with Crippen LogP contribution >= 0.6 is 0 Å². The van der Waals surface area contributed by atoms with Gasteiger partial charge in [0.1, 0.15) is 5.65 Å². The Labute approximate surface area is 123 Å². The van der Waals surface area contributed by atoms with Crippen LogP contribution in [-0.2, 0) is 6.18 Å². The van der Waals surface area contributed by atoms with Crippen molar-refractivity contribution in [3.8, 4) is 0 Å². The Morgan fingerprint density at radius 1 is 1.00 bits per heavy atom. The highest BCUT2D eigenvalue weighted by molar-refractivity contribution is 5.53. The number of azo groups is 1. The van der Waals surface area contributed by atoms with E-state index in [4.69, 9.17) is 0 Å². The maximum Gasteiger partial charge on any atom is 0.417 e. The number of hydrogen-bond donors (Lipinski definition) is 0. The molecule has 0 saturated carbocycles. The Kier molecular flexibility index (Phi) is 3.40. The highest BCUT2D eigenvalue weighted by Crippen LogP contribution is 2.31. The van der Waals surface area contributed by atoms with E-state index in [1.165, 1.54) is 10.5 Å². The maximum absolute atomic E-state index is 12.8. The Bertz CT molecular complexity index is 835. The fourth-order valence-electron chi connectivity index (χ4n) is 2.04. The Balaban J connectivity index is 2.08. The minimum Gasteiger partial charge on any atom is -0.282 e. The number of fused-ring (bicyclic) bond motifs is 1. The summed E-state index contributed by atoms with van der Waals surface area (Å²) >= 11 is 0. The van der Waals surface area contributed by atoms with E-state index in [1.54, 1.807) is 31.2 Å². The first-order valence-electron chi connectivity index (χ1n) is 6.48. The SMILES string of the molecule is Cc1nc2ccc(C(F)(F)F)cn2c1N=Nc1ccccc1. The molecule has 0 unspecified atom stereocenters. The summed E-state index contributed by atoms with van der Waals surface area (Å²) in [5.74, 6) is 0.282. The lowest BCUT2D eigenvalue weighted by atomic mass is 10.3. The second-order valence-electron chi connectivity index (χ2n) is 4.70. The standard InChI is InChI=1S/C15H11F3N4/c1-10-14(21-20-12-5-3-2-4-6-12)22-9-11(15(16,17)18)7-8-13(22)19-10/h2-9H,1H3. The van der Waals surface area contributed by atoms with Crippen LogP contribution in [0.1, 0.15) is 11.3 Å². The van der Waals surface area contributed by atoms with E-state index in [9.17, 15) is 13.2 Å². The second kappa shape index (κ2) is 5.25. The van der Waals surface area contributed by atoms with Crippen LogP contribution in [0.15, 0.2) is 58.9 Å². The smallest absolute Gasteiger partial charge is 0.282 e. The molecular formula is C15H11F3N4. The largest absolute Gasteiger partial charge is 0.417 e. The molecule has 4 nitrogen and oxygen atoms in total. The van der Waals surface area contributed by atoms with Crippen molar-refractivity contribution >= 4 is 17.2 Å². The van der Waals surface area contributed by atoms with Gasteiger partial charge in [0.05, 0.1) is 16.9 Å². The average molecular weight is 304 g/mol. The van der Waals surface area contributed by atoms with Crippen LogP contribution in [0, 0.1) is 6.92 Å². The molecule has 7 heteroatoms. The van der Waals surface area contributed by atoms with Crippen LogP contribution in [-0.4, -0.2) is 9.38 Å². The molecule has 2 heterocycles. The Hall–Kier alpha value is -2.70. The highest BCUT2D eigenvalue weighted by atomic mass is 19.4. The normalized spacial score (nSPS) is 12.4. The third-order valence-electron chi connectivity index (χ3n) is 3.10. The zero-order chi connectivity index (χ0) is 15.7. The topological polar surface area (TPSA) is 42.0 Å². The average Bonchev–Trinajstić information content (AvgIpc) is 2.80. The van der Waals surface area contributed by atoms with Gasteiger partial charge in [-0.3, -0.25) is 4.40 Å². The predicted molar refractivity (Wildman–Crippen MR) is 75.5 cm³/mol. The molecule has 0 aliphatic heterocycles. The summed E-state index contributed by atoms with van der Waals surface area (Å²) in [6.45, 7) is 1.68. The number of rotatable bonds is 2. The molecule has 0 atom stereocenters. The van der Waals surface area contributed by atoms with E-state index < -0.39 is 11.7 Å². The van der Waals surface area contributed by atoms with E-state index in [1.807, 2.05) is 6.07 Å². The van der Waals surface area contributed by atoms with Gasteiger partial charge in [0.2, 0.25) is 0 Å². The van der Waals surface area contributed by atoms with Gasteiger partial charge in [-0.05, 0) is 31.2 Å². The number of pyridine rings is 1. The lowest BCUT2D eigenvalue weighted by molar-refractivity contribution is -0.137.